The molecular weight excluding hydrogens is 529 g/mol. The number of allylic oxidation sites excluding steroid dienone is 3. The van der Waals surface area contributed by atoms with Crippen LogP contribution < -0.4 is 9.80 Å². The zero-order valence-electron chi connectivity index (χ0n) is 24.2. The third kappa shape index (κ3) is 6.86. The Morgan fingerprint density at radius 2 is 1.05 bits per heavy atom. The molecule has 0 N–H and O–H groups in total. The third-order valence-corrected chi connectivity index (χ3v) is 6.93. The fourth-order valence-electron chi connectivity index (χ4n) is 4.69. The molecule has 0 aromatic heterocycles. The van der Waals surface area contributed by atoms with Crippen LogP contribution in [0.2, 0.25) is 0 Å². The van der Waals surface area contributed by atoms with Crippen molar-refractivity contribution in [1.29, 1.82) is 0 Å². The number of rotatable bonds is 8. The number of hydrogen-bond donors (Lipinski definition) is 0. The second-order valence-electron chi connectivity index (χ2n) is 10.5. The highest BCUT2D eigenvalue weighted by atomic mass is 19.3. The smallest absolute Gasteiger partial charge is 0.569 e. The summed E-state index contributed by atoms with van der Waals surface area (Å²) in [7, 11) is 3.16. The second-order valence-corrected chi connectivity index (χ2v) is 10.5. The highest BCUT2D eigenvalue weighted by Gasteiger charge is 2.53. The normalized spacial score (nSPS) is 14.9. The molecule has 4 nitrogen and oxygen atoms in total. The van der Waals surface area contributed by atoms with E-state index < -0.39 is 7.11 Å². The quantitative estimate of drug-likeness (QED) is 0.0943. The molecule has 0 saturated carbocycles. The van der Waals surface area contributed by atoms with Crippen LogP contribution in [-0.4, -0.2) is 41.1 Å². The molecular formula is C35H33BF2N2O2. The molecule has 5 rings (SSSR count). The van der Waals surface area contributed by atoms with Crippen LogP contribution >= 0.6 is 0 Å². The van der Waals surface area contributed by atoms with Crippen LogP contribution in [0.4, 0.5) is 20.0 Å². The van der Waals surface area contributed by atoms with Crippen LogP contribution in [0.5, 0.6) is 0 Å². The standard InChI is InChI=1S/C35H33BF2N2O2/c1-39(2)30-19-15-28(16-20-30)32(23-26-11-7-5-8-12-26)34-25-35(42-36(37,38)41-34)33(24-27-13-9-6-10-14-27)29-17-21-31(22-18-29)40(3)4/h5-25H,1-4H3. The summed E-state index contributed by atoms with van der Waals surface area (Å²) in [6.45, 7) is 0. The zero-order valence-corrected chi connectivity index (χ0v) is 24.2. The Balaban J connectivity index is 1.67. The minimum Gasteiger partial charge on any atom is -0.569 e. The van der Waals surface area contributed by atoms with E-state index in [1.165, 1.54) is 0 Å². The van der Waals surface area contributed by atoms with Crippen molar-refractivity contribution in [3.05, 3.63) is 143 Å². The molecule has 0 spiro atoms. The molecule has 0 fully saturated rings. The van der Waals surface area contributed by atoms with Gasteiger partial charge in [-0.2, -0.15) is 0 Å². The van der Waals surface area contributed by atoms with Gasteiger partial charge in [-0.25, -0.2) is 0 Å². The lowest BCUT2D eigenvalue weighted by atomic mass is 9.93. The van der Waals surface area contributed by atoms with Crippen molar-refractivity contribution in [1.82, 2.24) is 0 Å². The van der Waals surface area contributed by atoms with Crippen LogP contribution in [0.15, 0.2) is 121 Å². The lowest BCUT2D eigenvalue weighted by molar-refractivity contribution is -0.362. The van der Waals surface area contributed by atoms with Crippen molar-refractivity contribution in [2.24, 2.45) is 0 Å². The molecule has 0 atom stereocenters. The maximum Gasteiger partial charge on any atom is 0.995 e. The molecule has 42 heavy (non-hydrogen) atoms. The first kappa shape index (κ1) is 28.6. The van der Waals surface area contributed by atoms with Gasteiger partial charge in [0.15, 0.2) is 0 Å². The number of nitrogens with zero attached hydrogens (tertiary/aromatic N) is 2. The van der Waals surface area contributed by atoms with E-state index in [0.29, 0.717) is 11.1 Å². The molecule has 0 bridgehead atoms. The Kier molecular flexibility index (Phi) is 8.39. The third-order valence-electron chi connectivity index (χ3n) is 6.93. The van der Waals surface area contributed by atoms with Crippen molar-refractivity contribution in [3.8, 4) is 0 Å². The van der Waals surface area contributed by atoms with Crippen LogP contribution in [0, 0.1) is 0 Å². The van der Waals surface area contributed by atoms with Gasteiger partial charge < -0.3 is 27.4 Å². The molecule has 0 unspecified atom stereocenters. The molecule has 0 radical (unpaired) electrons. The maximum atomic E-state index is 15.4. The Morgan fingerprint density at radius 3 is 1.50 bits per heavy atom. The Bertz CT molecular complexity index is 1640. The molecule has 4 aromatic carbocycles. The molecule has 0 amide bonds. The first-order valence-corrected chi connectivity index (χ1v) is 13.7. The number of anilines is 2. The lowest BCUT2D eigenvalue weighted by Crippen LogP contribution is -2.35. The van der Waals surface area contributed by atoms with E-state index in [4.69, 9.17) is 9.00 Å². The average Bonchev–Trinajstić information content (AvgIpc) is 2.99. The van der Waals surface area contributed by atoms with E-state index in [2.05, 4.69) is 0 Å². The number of carbonyl (C=O) groups excluding carboxylic acids is 1. The summed E-state index contributed by atoms with van der Waals surface area (Å²) in [6.07, 6.45) is 5.29. The van der Waals surface area contributed by atoms with Gasteiger partial charge >= 0.3 is 7.11 Å². The number of halogens is 2. The summed E-state index contributed by atoms with van der Waals surface area (Å²) in [6, 6.07) is 34.6. The van der Waals surface area contributed by atoms with E-state index in [0.717, 1.165) is 33.6 Å². The Hall–Kier alpha value is -4.91. The molecule has 1 heterocycles. The van der Waals surface area contributed by atoms with Crippen LogP contribution in [0.25, 0.3) is 23.3 Å². The summed E-state index contributed by atoms with van der Waals surface area (Å²) < 4.78 is 41.3. The number of benzene rings is 4. The van der Waals surface area contributed by atoms with Crippen molar-refractivity contribution >= 4 is 47.6 Å². The van der Waals surface area contributed by atoms with E-state index in [9.17, 15) is 0 Å². The monoisotopic (exact) mass is 562 g/mol. The number of ketones is 1. The van der Waals surface area contributed by atoms with Gasteiger partial charge in [0.05, 0.1) is 17.4 Å². The number of hydrogen-bond acceptors (Lipinski definition) is 3. The fourth-order valence-corrected chi connectivity index (χ4v) is 4.69. The molecule has 0 aliphatic carbocycles. The van der Waals surface area contributed by atoms with Gasteiger partial charge in [0.2, 0.25) is 0 Å². The molecule has 1 aliphatic heterocycles. The van der Waals surface area contributed by atoms with E-state index in [-0.39, 0.29) is 11.5 Å². The second kappa shape index (κ2) is 12.3. The van der Waals surface area contributed by atoms with Crippen molar-refractivity contribution in [2.45, 2.75) is 0 Å². The van der Waals surface area contributed by atoms with E-state index in [1.807, 2.05) is 159 Å². The van der Waals surface area contributed by atoms with Crippen LogP contribution in [-0.2, 0) is 9.00 Å². The van der Waals surface area contributed by atoms with Gasteiger partial charge in [0.25, 0.3) is 5.78 Å². The van der Waals surface area contributed by atoms with E-state index >= 15 is 8.63 Å². The fraction of sp³-hybridized carbons (Fsp3) is 0.114. The average molecular weight is 562 g/mol. The van der Waals surface area contributed by atoms with Gasteiger partial charge in [-0.05, 0) is 58.7 Å². The predicted octanol–water partition coefficient (Wildman–Crippen LogP) is 7.99. The van der Waals surface area contributed by atoms with Crippen LogP contribution in [0.3, 0.4) is 0 Å². The van der Waals surface area contributed by atoms with Crippen molar-refractivity contribution < 1.29 is 17.6 Å². The highest BCUT2D eigenvalue weighted by Crippen LogP contribution is 2.35. The topological polar surface area (TPSA) is 27.0 Å². The molecule has 7 heteroatoms. The van der Waals surface area contributed by atoms with Crippen molar-refractivity contribution in [2.75, 3.05) is 38.0 Å². The first-order valence-electron chi connectivity index (χ1n) is 13.7. The van der Waals surface area contributed by atoms with Gasteiger partial charge in [-0.1, -0.05) is 84.9 Å². The molecule has 0 saturated heterocycles. The van der Waals surface area contributed by atoms with Crippen LogP contribution in [0.1, 0.15) is 22.3 Å². The van der Waals surface area contributed by atoms with Gasteiger partial charge in [-0.15, -0.1) is 0 Å². The lowest BCUT2D eigenvalue weighted by Gasteiger charge is -2.23. The predicted molar refractivity (Wildman–Crippen MR) is 172 cm³/mol. The minimum absolute atomic E-state index is 0.0339. The van der Waals surface area contributed by atoms with Gasteiger partial charge in [0, 0.05) is 45.1 Å². The van der Waals surface area contributed by atoms with Gasteiger partial charge in [-0.3, -0.25) is 0 Å². The first-order chi connectivity index (χ1) is 20.2. The summed E-state index contributed by atoms with van der Waals surface area (Å²) in [5.74, 6) is 0.0677. The van der Waals surface area contributed by atoms with Crippen molar-refractivity contribution in [3.63, 3.8) is 0 Å². The Labute approximate surface area is 246 Å². The molecule has 212 valence electrons. The maximum absolute atomic E-state index is 15.4. The SMILES string of the molecule is CN(C)c1ccc(C(=Cc2ccccc2)C2=CC(C(=Cc3ccccc3)c3ccc(N(C)C)cc3)=[O+][B-](F)(F)O2)cc1. The molecule has 1 aliphatic rings. The summed E-state index contributed by atoms with van der Waals surface area (Å²) >= 11 is 0. The Morgan fingerprint density at radius 1 is 0.619 bits per heavy atom. The molecule has 4 aromatic rings. The summed E-state index contributed by atoms with van der Waals surface area (Å²) in [5.41, 5.74) is 6.24. The largest absolute Gasteiger partial charge is 0.995 e. The summed E-state index contributed by atoms with van der Waals surface area (Å²) in [5, 5.41) is 0. The van der Waals surface area contributed by atoms with Gasteiger partial charge in [0.1, 0.15) is 0 Å². The summed E-state index contributed by atoms with van der Waals surface area (Å²) in [4.78, 5) is 3.97. The van der Waals surface area contributed by atoms with E-state index in [1.54, 1.807) is 6.08 Å². The highest BCUT2D eigenvalue weighted by molar-refractivity contribution is 6.52. The zero-order chi connectivity index (χ0) is 29.7. The minimum atomic E-state index is -4.66.